The Balaban J connectivity index is 2.51. The van der Waals surface area contributed by atoms with Crippen LogP contribution in [0.15, 0.2) is 55.3 Å². The first kappa shape index (κ1) is 18.2. The van der Waals surface area contributed by atoms with Crippen molar-refractivity contribution in [2.45, 2.75) is 12.1 Å². The number of benzene rings is 1. The molecule has 0 amide bonds. The van der Waals surface area contributed by atoms with Crippen LogP contribution in [0.25, 0.3) is 0 Å². The minimum Gasteiger partial charge on any atom is -0.489 e. The fourth-order valence-electron chi connectivity index (χ4n) is 2.13. The van der Waals surface area contributed by atoms with Crippen molar-refractivity contribution in [3.8, 4) is 11.8 Å². The maximum Gasteiger partial charge on any atom is 0.416 e. The molecule has 1 heterocycles. The lowest BCUT2D eigenvalue weighted by Gasteiger charge is -2.15. The Morgan fingerprint density at radius 1 is 1.36 bits per heavy atom. The number of hydrogen-bond acceptors (Lipinski definition) is 4. The fraction of sp³-hybridized carbons (Fsp3) is 0.167. The summed E-state index contributed by atoms with van der Waals surface area (Å²) in [4.78, 5) is 16.6. The Labute approximate surface area is 142 Å². The summed E-state index contributed by atoms with van der Waals surface area (Å²) in [7, 11) is 0. The van der Waals surface area contributed by atoms with Gasteiger partial charge in [0.05, 0.1) is 22.9 Å². The molecule has 0 aliphatic carbocycles. The molecular weight excluding hydrogens is 333 g/mol. The molecule has 1 aromatic carbocycles. The summed E-state index contributed by atoms with van der Waals surface area (Å²) in [6.07, 6.45) is -1.83. The average Bonchev–Trinajstić information content (AvgIpc) is 2.60. The third-order valence-electron chi connectivity index (χ3n) is 3.30. The molecule has 4 nitrogen and oxygen atoms in total. The molecule has 2 aromatic rings. The summed E-state index contributed by atoms with van der Waals surface area (Å²) in [6, 6.07) is 9.01. The lowest BCUT2D eigenvalue weighted by molar-refractivity contribution is -0.137. The number of carbonyl (C=O) groups is 1. The Morgan fingerprint density at radius 2 is 2.12 bits per heavy atom. The van der Waals surface area contributed by atoms with Gasteiger partial charge in [-0.1, -0.05) is 18.7 Å². The Kier molecular flexibility index (Phi) is 5.55. The molecule has 7 heteroatoms. The normalized spacial score (nSPS) is 12.1. The van der Waals surface area contributed by atoms with Gasteiger partial charge in [-0.15, -0.1) is 0 Å². The van der Waals surface area contributed by atoms with E-state index < -0.39 is 23.4 Å². The Hall–Kier alpha value is -3.14. The monoisotopic (exact) mass is 346 g/mol. The first-order valence-corrected chi connectivity index (χ1v) is 7.18. The van der Waals surface area contributed by atoms with Crippen LogP contribution in [0, 0.1) is 11.3 Å². The van der Waals surface area contributed by atoms with Crippen molar-refractivity contribution in [1.82, 2.24) is 4.98 Å². The van der Waals surface area contributed by atoms with Crippen LogP contribution < -0.4 is 4.74 Å². The van der Waals surface area contributed by atoms with E-state index in [1.54, 1.807) is 18.2 Å². The zero-order valence-electron chi connectivity index (χ0n) is 13.0. The van der Waals surface area contributed by atoms with E-state index >= 15 is 0 Å². The van der Waals surface area contributed by atoms with Gasteiger partial charge in [-0.3, -0.25) is 9.78 Å². The van der Waals surface area contributed by atoms with Gasteiger partial charge in [-0.2, -0.15) is 18.4 Å². The summed E-state index contributed by atoms with van der Waals surface area (Å²) in [5, 5.41) is 9.32. The number of hydrogen-bond donors (Lipinski definition) is 0. The molecule has 2 rings (SSSR count). The zero-order chi connectivity index (χ0) is 18.4. The average molecular weight is 346 g/mol. The van der Waals surface area contributed by atoms with E-state index in [0.29, 0.717) is 6.07 Å². The van der Waals surface area contributed by atoms with Gasteiger partial charge < -0.3 is 4.74 Å². The SMILES string of the molecule is C=CCOc1ccc(C(F)(F)F)cc1C(=O)C(C#N)c1ccccn1. The van der Waals surface area contributed by atoms with E-state index in [2.05, 4.69) is 11.6 Å². The number of ether oxygens (including phenoxy) is 1. The first-order valence-electron chi connectivity index (χ1n) is 7.18. The van der Waals surface area contributed by atoms with Crippen LogP contribution >= 0.6 is 0 Å². The van der Waals surface area contributed by atoms with E-state index in [1.807, 2.05) is 0 Å². The highest BCUT2D eigenvalue weighted by atomic mass is 19.4. The second kappa shape index (κ2) is 7.62. The number of carbonyl (C=O) groups excluding carboxylic acids is 1. The lowest BCUT2D eigenvalue weighted by atomic mass is 9.93. The van der Waals surface area contributed by atoms with Crippen molar-refractivity contribution in [2.75, 3.05) is 6.61 Å². The molecule has 0 saturated heterocycles. The summed E-state index contributed by atoms with van der Waals surface area (Å²) >= 11 is 0. The van der Waals surface area contributed by atoms with Gasteiger partial charge in [0.15, 0.2) is 11.7 Å². The third kappa shape index (κ3) is 4.23. The van der Waals surface area contributed by atoms with Gasteiger partial charge in [-0.25, -0.2) is 0 Å². The minimum atomic E-state index is -4.63. The van der Waals surface area contributed by atoms with E-state index in [-0.39, 0.29) is 23.6 Å². The highest BCUT2D eigenvalue weighted by molar-refractivity contribution is 6.04. The lowest BCUT2D eigenvalue weighted by Crippen LogP contribution is -2.16. The molecule has 0 bridgehead atoms. The molecule has 25 heavy (non-hydrogen) atoms. The topological polar surface area (TPSA) is 63.0 Å². The highest BCUT2D eigenvalue weighted by Gasteiger charge is 2.33. The maximum atomic E-state index is 13.0. The summed E-state index contributed by atoms with van der Waals surface area (Å²) in [5.41, 5.74) is -1.17. The van der Waals surface area contributed by atoms with Crippen LogP contribution in [0.4, 0.5) is 13.2 Å². The minimum absolute atomic E-state index is 0.00640. The van der Waals surface area contributed by atoms with Gasteiger partial charge in [0.25, 0.3) is 0 Å². The second-order valence-corrected chi connectivity index (χ2v) is 4.99. The van der Waals surface area contributed by atoms with Crippen molar-refractivity contribution >= 4 is 5.78 Å². The molecule has 128 valence electrons. The second-order valence-electron chi connectivity index (χ2n) is 4.99. The summed E-state index contributed by atoms with van der Waals surface area (Å²) in [5.74, 6) is -2.20. The smallest absolute Gasteiger partial charge is 0.416 e. The van der Waals surface area contributed by atoms with Gasteiger partial charge in [0.1, 0.15) is 12.4 Å². The molecule has 0 saturated carbocycles. The molecule has 1 atom stereocenters. The van der Waals surface area contributed by atoms with Crippen LogP contribution in [0.2, 0.25) is 0 Å². The molecule has 0 N–H and O–H groups in total. The Bertz CT molecular complexity index is 811. The predicted octanol–water partition coefficient (Wildman–Crippen LogP) is 4.16. The van der Waals surface area contributed by atoms with Crippen LogP contribution in [-0.4, -0.2) is 17.4 Å². The van der Waals surface area contributed by atoms with E-state index in [9.17, 15) is 23.2 Å². The van der Waals surface area contributed by atoms with Gasteiger partial charge in [0.2, 0.25) is 0 Å². The van der Waals surface area contributed by atoms with E-state index in [0.717, 1.165) is 12.1 Å². The molecule has 1 unspecified atom stereocenters. The van der Waals surface area contributed by atoms with E-state index in [4.69, 9.17) is 4.74 Å². The fourth-order valence-corrected chi connectivity index (χ4v) is 2.13. The number of pyridine rings is 1. The molecule has 0 radical (unpaired) electrons. The first-order chi connectivity index (χ1) is 11.9. The number of rotatable bonds is 6. The number of Topliss-reactive ketones (excluding diaryl/α,β-unsaturated/α-hetero) is 1. The van der Waals surface area contributed by atoms with Crippen LogP contribution in [0.3, 0.4) is 0 Å². The van der Waals surface area contributed by atoms with Crippen molar-refractivity contribution in [1.29, 1.82) is 5.26 Å². The number of nitriles is 1. The van der Waals surface area contributed by atoms with Crippen LogP contribution in [0.5, 0.6) is 5.75 Å². The number of nitrogens with zero attached hydrogens (tertiary/aromatic N) is 2. The largest absolute Gasteiger partial charge is 0.489 e. The molecular formula is C18H13F3N2O2. The van der Waals surface area contributed by atoms with Crippen LogP contribution in [0.1, 0.15) is 27.5 Å². The molecule has 0 aliphatic heterocycles. The zero-order valence-corrected chi connectivity index (χ0v) is 13.0. The quantitative estimate of drug-likeness (QED) is 0.582. The molecule has 1 aromatic heterocycles. The van der Waals surface area contributed by atoms with Crippen LogP contribution in [-0.2, 0) is 6.18 Å². The molecule has 0 spiro atoms. The van der Waals surface area contributed by atoms with Crippen molar-refractivity contribution in [2.24, 2.45) is 0 Å². The molecule has 0 aliphatic rings. The number of aromatic nitrogens is 1. The van der Waals surface area contributed by atoms with Crippen molar-refractivity contribution in [3.05, 3.63) is 72.1 Å². The number of halogens is 3. The number of alkyl halides is 3. The van der Waals surface area contributed by atoms with Gasteiger partial charge in [0, 0.05) is 6.20 Å². The summed E-state index contributed by atoms with van der Waals surface area (Å²) in [6.45, 7) is 3.46. The standard InChI is InChI=1S/C18H13F3N2O2/c1-2-9-25-16-7-6-12(18(19,20)21)10-13(16)17(24)14(11-22)15-5-3-4-8-23-15/h2-8,10,14H,1,9H2. The third-order valence-corrected chi connectivity index (χ3v) is 3.30. The molecule has 0 fully saturated rings. The predicted molar refractivity (Wildman–Crippen MR) is 84.1 cm³/mol. The number of ketones is 1. The Morgan fingerprint density at radius 3 is 2.68 bits per heavy atom. The van der Waals surface area contributed by atoms with Gasteiger partial charge in [-0.05, 0) is 30.3 Å². The van der Waals surface area contributed by atoms with Crippen molar-refractivity contribution < 1.29 is 22.7 Å². The maximum absolute atomic E-state index is 13.0. The highest BCUT2D eigenvalue weighted by Crippen LogP contribution is 2.34. The summed E-state index contributed by atoms with van der Waals surface area (Å²) < 4.78 is 44.2. The van der Waals surface area contributed by atoms with Gasteiger partial charge >= 0.3 is 6.18 Å². The van der Waals surface area contributed by atoms with E-state index in [1.165, 1.54) is 18.3 Å². The van der Waals surface area contributed by atoms with Crippen molar-refractivity contribution in [3.63, 3.8) is 0 Å².